The normalized spacial score (nSPS) is 16.7. The number of unbranched alkanes of at least 4 members (excludes halogenated alkanes) is 9. The van der Waals surface area contributed by atoms with Gasteiger partial charge in [0.15, 0.2) is 0 Å². The summed E-state index contributed by atoms with van der Waals surface area (Å²) in [4.78, 5) is 20.7. The molecule has 0 bridgehead atoms. The van der Waals surface area contributed by atoms with E-state index in [2.05, 4.69) is 10.6 Å². The van der Waals surface area contributed by atoms with Crippen LogP contribution in [0.3, 0.4) is 0 Å². The molecular weight excluding hydrogens is 546 g/mol. The molecule has 3 unspecified atom stereocenters. The van der Waals surface area contributed by atoms with E-state index < -0.39 is 33.2 Å². The van der Waals surface area contributed by atoms with Crippen molar-refractivity contribution in [3.8, 4) is 0 Å². The van der Waals surface area contributed by atoms with Crippen molar-refractivity contribution in [1.82, 2.24) is 10.6 Å². The fraction of sp³-hybridized carbons (Fsp3) is 0.586. The molecule has 0 aromatic rings. The predicted octanol–water partition coefficient (Wildman–Crippen LogP) is 5.05. The molecule has 0 saturated heterocycles. The molecule has 0 aliphatic carbocycles. The van der Waals surface area contributed by atoms with Crippen molar-refractivity contribution in [3.63, 3.8) is 0 Å². The Morgan fingerprint density at radius 2 is 1.15 bits per heavy atom. The van der Waals surface area contributed by atoms with E-state index in [-0.39, 0.29) is 12.6 Å². The smallest absolute Gasteiger partial charge is 0.219 e. The first-order valence-corrected chi connectivity index (χ1v) is 18.3. The van der Waals surface area contributed by atoms with E-state index in [1.54, 1.807) is 24.3 Å². The summed E-state index contributed by atoms with van der Waals surface area (Å²) in [6.07, 6.45) is 31.8. The van der Waals surface area contributed by atoms with Gasteiger partial charge in [0, 0.05) is 6.16 Å². The van der Waals surface area contributed by atoms with Crippen molar-refractivity contribution in [2.45, 2.75) is 69.9 Å². The fourth-order valence-corrected chi connectivity index (χ4v) is 7.85. The van der Waals surface area contributed by atoms with Gasteiger partial charge in [0.2, 0.25) is 14.7 Å². The molecule has 0 rings (SSSR count). The molecule has 3 atom stereocenters. The Labute approximate surface area is 242 Å². The molecule has 0 amide bonds. The summed E-state index contributed by atoms with van der Waals surface area (Å²) in [5.74, 6) is 0. The minimum Gasteiger partial charge on any atom is -0.405 e. The van der Waals surface area contributed by atoms with E-state index in [9.17, 15) is 24.0 Å². The number of allylic oxidation sites excluding steroid dienone is 10. The van der Waals surface area contributed by atoms with Gasteiger partial charge in [0.1, 0.15) is 0 Å². The molecule has 0 radical (unpaired) electrons. The number of nitrogens with one attached hydrogen (secondary N) is 2. The van der Waals surface area contributed by atoms with E-state index in [0.29, 0.717) is 6.54 Å². The fourth-order valence-electron chi connectivity index (χ4n) is 3.78. The summed E-state index contributed by atoms with van der Waals surface area (Å²) >= 11 is 0. The summed E-state index contributed by atoms with van der Waals surface area (Å²) < 4.78 is 25.3. The largest absolute Gasteiger partial charge is 0.405 e. The van der Waals surface area contributed by atoms with Crippen molar-refractivity contribution < 1.29 is 24.0 Å². The lowest BCUT2D eigenvalue weighted by atomic mass is 10.1. The van der Waals surface area contributed by atoms with E-state index in [4.69, 9.17) is 11.5 Å². The Balaban J connectivity index is 4.16. The quantitative estimate of drug-likeness (QED) is 0.0408. The summed E-state index contributed by atoms with van der Waals surface area (Å²) in [6.45, 7) is 0.765. The first-order chi connectivity index (χ1) is 19.3. The van der Waals surface area contributed by atoms with Gasteiger partial charge < -0.3 is 37.0 Å². The van der Waals surface area contributed by atoms with Gasteiger partial charge in [-0.3, -0.25) is 9.13 Å². The molecule has 0 fully saturated rings. The summed E-state index contributed by atoms with van der Waals surface area (Å²) in [5.41, 5.74) is 9.57. The number of aliphatic hydroxyl groups is 1. The number of nitrogens with two attached hydrogens (primary N) is 2. The summed E-state index contributed by atoms with van der Waals surface area (Å²) in [7, 11) is -7.61. The first-order valence-electron chi connectivity index (χ1n) is 14.4. The van der Waals surface area contributed by atoms with Crippen LogP contribution in [0.5, 0.6) is 0 Å². The molecule has 9 N–H and O–H groups in total. The average molecular weight is 601 g/mol. The van der Waals surface area contributed by atoms with Crippen LogP contribution in [-0.4, -0.2) is 59.0 Å². The van der Waals surface area contributed by atoms with Crippen LogP contribution in [0.15, 0.2) is 73.2 Å². The maximum Gasteiger partial charge on any atom is 0.219 e. The average Bonchev–Trinajstić information content (AvgIpc) is 2.92. The minimum absolute atomic E-state index is 0.178. The van der Waals surface area contributed by atoms with Crippen LogP contribution in [-0.2, 0) is 9.13 Å². The molecule has 230 valence electrons. The van der Waals surface area contributed by atoms with Crippen molar-refractivity contribution in [2.75, 3.05) is 38.4 Å². The molecule has 0 aromatic heterocycles. The van der Waals surface area contributed by atoms with Gasteiger partial charge in [0.25, 0.3) is 0 Å². The van der Waals surface area contributed by atoms with Gasteiger partial charge in [-0.2, -0.15) is 0 Å². The number of rotatable bonds is 26. The molecule has 0 aromatic carbocycles. The van der Waals surface area contributed by atoms with E-state index >= 15 is 0 Å². The monoisotopic (exact) mass is 600 g/mol. The van der Waals surface area contributed by atoms with E-state index in [0.717, 1.165) is 32.2 Å². The second-order valence-electron chi connectivity index (χ2n) is 9.75. The van der Waals surface area contributed by atoms with Crippen molar-refractivity contribution in [1.29, 1.82) is 0 Å². The maximum absolute atomic E-state index is 12.7. The van der Waals surface area contributed by atoms with Crippen molar-refractivity contribution in [2.24, 2.45) is 11.5 Å². The zero-order valence-corrected chi connectivity index (χ0v) is 25.8. The third-order valence-corrected chi connectivity index (χ3v) is 10.2. The van der Waals surface area contributed by atoms with Gasteiger partial charge in [-0.05, 0) is 50.5 Å². The highest BCUT2D eigenvalue weighted by Crippen LogP contribution is 2.52. The molecule has 0 heterocycles. The molecule has 0 aliphatic heterocycles. The first kappa shape index (κ1) is 38.3. The Kier molecular flexibility index (Phi) is 25.1. The number of hydrogen-bond acceptors (Lipinski definition) is 7. The van der Waals surface area contributed by atoms with Crippen LogP contribution in [0.2, 0.25) is 0 Å². The third-order valence-electron chi connectivity index (χ3n) is 6.09. The van der Waals surface area contributed by atoms with Gasteiger partial charge in [-0.15, -0.1) is 0 Å². The second kappa shape index (κ2) is 26.2. The molecular formula is C29H54N4O5P2. The van der Waals surface area contributed by atoms with Crippen LogP contribution in [0, 0.1) is 0 Å². The van der Waals surface area contributed by atoms with Crippen LogP contribution >= 0.6 is 14.7 Å². The highest BCUT2D eigenvalue weighted by atomic mass is 31.2. The SMILES string of the molecule is N/C=C/C=C/C=C/C=C/C=C/C=C\NCP(=O)(O)CC(CO)P(=O)(O)CNCCCCCCCCCCCCN. The van der Waals surface area contributed by atoms with Gasteiger partial charge in [-0.1, -0.05) is 100.0 Å². The Bertz CT molecular complexity index is 888. The predicted molar refractivity (Wildman–Crippen MR) is 171 cm³/mol. The van der Waals surface area contributed by atoms with Crippen LogP contribution < -0.4 is 22.1 Å². The minimum atomic E-state index is -3.84. The Hall–Kier alpha value is -1.70. The number of aliphatic hydroxyl groups excluding tert-OH is 1. The van der Waals surface area contributed by atoms with Crippen molar-refractivity contribution >= 4 is 14.7 Å². The zero-order valence-electron chi connectivity index (χ0n) is 24.0. The van der Waals surface area contributed by atoms with Gasteiger partial charge in [0.05, 0.1) is 24.8 Å². The van der Waals surface area contributed by atoms with Gasteiger partial charge >= 0.3 is 0 Å². The lowest BCUT2D eigenvalue weighted by Crippen LogP contribution is -2.27. The van der Waals surface area contributed by atoms with Gasteiger partial charge in [-0.25, -0.2) is 0 Å². The third kappa shape index (κ3) is 24.1. The second-order valence-corrected chi connectivity index (χ2v) is 14.7. The molecule has 0 spiro atoms. The molecule has 11 heteroatoms. The zero-order chi connectivity index (χ0) is 29.8. The maximum atomic E-state index is 12.7. The Morgan fingerprint density at radius 3 is 1.65 bits per heavy atom. The van der Waals surface area contributed by atoms with Crippen LogP contribution in [0.25, 0.3) is 0 Å². The van der Waals surface area contributed by atoms with Crippen molar-refractivity contribution in [3.05, 3.63) is 73.2 Å². The highest BCUT2D eigenvalue weighted by molar-refractivity contribution is 7.62. The lowest BCUT2D eigenvalue weighted by molar-refractivity contribution is 0.286. The molecule has 9 nitrogen and oxygen atoms in total. The summed E-state index contributed by atoms with van der Waals surface area (Å²) in [6, 6.07) is 0. The lowest BCUT2D eigenvalue weighted by Gasteiger charge is -2.24. The Morgan fingerprint density at radius 1 is 0.675 bits per heavy atom. The van der Waals surface area contributed by atoms with Crippen LogP contribution in [0.4, 0.5) is 0 Å². The molecule has 0 saturated carbocycles. The standard InChI is InChI=1S/C29H54N4O5P2/c30-21-17-13-9-5-1-3-7-11-15-19-23-32-27-39(35,36)26-29(25-34)40(37,38)28-33-24-20-16-12-8-4-2-6-10-14-18-22-31/h1,3,5,7,9,11,13,15,17,19,21,23,29,32-34H,2,4,6,8,10,12,14,16,18,20,22,24-28,30-31H2,(H,35,36)(H,37,38)/b5-1+,7-3+,13-9+,15-11+,21-17+,23-19-. The molecule has 0 aliphatic rings. The highest BCUT2D eigenvalue weighted by Gasteiger charge is 2.35. The molecule has 40 heavy (non-hydrogen) atoms. The topological polar surface area (TPSA) is 171 Å². The van der Waals surface area contributed by atoms with E-state index in [1.165, 1.54) is 50.9 Å². The van der Waals surface area contributed by atoms with E-state index in [1.807, 2.05) is 36.5 Å². The van der Waals surface area contributed by atoms with Crippen LogP contribution in [0.1, 0.15) is 64.2 Å². The summed E-state index contributed by atoms with van der Waals surface area (Å²) in [5, 5.41) is 15.4. The number of hydrogen-bond donors (Lipinski definition) is 7.